The van der Waals surface area contributed by atoms with Gasteiger partial charge in [-0.05, 0) is 34.8 Å². The molecule has 0 saturated carbocycles. The van der Waals surface area contributed by atoms with Crippen LogP contribution in [0.1, 0.15) is 37.6 Å². The monoisotopic (exact) mass is 283 g/mol. The predicted molar refractivity (Wildman–Crippen MR) is 85.3 cm³/mol. The molecule has 1 aromatic carbocycles. The molecule has 0 fully saturated rings. The van der Waals surface area contributed by atoms with E-state index in [-0.39, 0.29) is 5.41 Å². The highest BCUT2D eigenvalue weighted by molar-refractivity contribution is 5.84. The molecule has 0 spiro atoms. The number of carboxylic acid groups (broad SMARTS) is 1. The Bertz CT molecular complexity index is 643. The fourth-order valence-electron chi connectivity index (χ4n) is 2.19. The number of nitrogens with zero attached hydrogens (tertiary/aromatic N) is 1. The van der Waals surface area contributed by atoms with Crippen molar-refractivity contribution in [3.05, 3.63) is 65.5 Å². The normalized spacial score (nSPS) is 12.0. The molecule has 3 heteroatoms. The average Bonchev–Trinajstić information content (AvgIpc) is 2.83. The van der Waals surface area contributed by atoms with Crippen LogP contribution in [0.4, 0.5) is 0 Å². The second-order valence-electron chi connectivity index (χ2n) is 6.18. The van der Waals surface area contributed by atoms with Crippen molar-refractivity contribution in [2.45, 2.75) is 32.7 Å². The van der Waals surface area contributed by atoms with Gasteiger partial charge in [0.15, 0.2) is 0 Å². The Morgan fingerprint density at radius 2 is 1.86 bits per heavy atom. The van der Waals surface area contributed by atoms with Crippen LogP contribution in [0.15, 0.2) is 48.7 Å². The highest BCUT2D eigenvalue weighted by Crippen LogP contribution is 2.22. The number of aromatic nitrogens is 1. The summed E-state index contributed by atoms with van der Waals surface area (Å²) in [4.78, 5) is 10.6. The van der Waals surface area contributed by atoms with Crippen LogP contribution in [-0.4, -0.2) is 15.6 Å². The molecule has 0 atom stereocenters. The van der Waals surface area contributed by atoms with Crippen molar-refractivity contribution in [3.8, 4) is 0 Å². The number of carboxylic acids is 1. The van der Waals surface area contributed by atoms with Gasteiger partial charge < -0.3 is 9.67 Å². The Kier molecular flexibility index (Phi) is 4.32. The second-order valence-corrected chi connectivity index (χ2v) is 6.18. The van der Waals surface area contributed by atoms with Crippen LogP contribution in [0.3, 0.4) is 0 Å². The standard InChI is InChI=1S/C18H21NO2/c1-18(2,3)15-8-6-14(7-9-15)13-19-12-4-5-16(19)10-11-17(20)21/h4-12H,13H2,1-3H3,(H,20,21)/b11-10+. The lowest BCUT2D eigenvalue weighted by Crippen LogP contribution is -2.11. The lowest BCUT2D eigenvalue weighted by Gasteiger charge is -2.19. The van der Waals surface area contributed by atoms with E-state index in [9.17, 15) is 4.79 Å². The maximum Gasteiger partial charge on any atom is 0.328 e. The highest BCUT2D eigenvalue weighted by Gasteiger charge is 2.12. The first-order valence-corrected chi connectivity index (χ1v) is 7.02. The van der Waals surface area contributed by atoms with Crippen molar-refractivity contribution in [2.24, 2.45) is 0 Å². The minimum absolute atomic E-state index is 0.154. The van der Waals surface area contributed by atoms with Gasteiger partial charge >= 0.3 is 5.97 Å². The molecular weight excluding hydrogens is 262 g/mol. The molecule has 0 aliphatic rings. The summed E-state index contributed by atoms with van der Waals surface area (Å²) >= 11 is 0. The Balaban J connectivity index is 2.16. The fraction of sp³-hybridized carbons (Fsp3) is 0.278. The molecule has 21 heavy (non-hydrogen) atoms. The summed E-state index contributed by atoms with van der Waals surface area (Å²) in [5.41, 5.74) is 3.55. The van der Waals surface area contributed by atoms with Gasteiger partial charge in [-0.2, -0.15) is 0 Å². The van der Waals surface area contributed by atoms with E-state index in [1.54, 1.807) is 6.08 Å². The Morgan fingerprint density at radius 1 is 1.19 bits per heavy atom. The molecule has 2 rings (SSSR count). The smallest absolute Gasteiger partial charge is 0.328 e. The van der Waals surface area contributed by atoms with Crippen molar-refractivity contribution in [2.75, 3.05) is 0 Å². The summed E-state index contributed by atoms with van der Waals surface area (Å²) in [5.74, 6) is -0.933. The zero-order chi connectivity index (χ0) is 15.5. The Labute approximate surface area is 125 Å². The summed E-state index contributed by atoms with van der Waals surface area (Å²) < 4.78 is 2.03. The first-order valence-electron chi connectivity index (χ1n) is 7.02. The Hall–Kier alpha value is -2.29. The Morgan fingerprint density at radius 3 is 2.43 bits per heavy atom. The number of rotatable bonds is 4. The van der Waals surface area contributed by atoms with Crippen LogP contribution < -0.4 is 0 Å². The molecule has 0 unspecified atom stereocenters. The molecule has 1 N–H and O–H groups in total. The van der Waals surface area contributed by atoms with Gasteiger partial charge in [0, 0.05) is 24.5 Å². The SMILES string of the molecule is CC(C)(C)c1ccc(Cn2cccc2/C=C/C(=O)O)cc1. The first-order chi connectivity index (χ1) is 9.86. The molecule has 0 saturated heterocycles. The van der Waals surface area contributed by atoms with Crippen molar-refractivity contribution < 1.29 is 9.90 Å². The van der Waals surface area contributed by atoms with E-state index in [1.165, 1.54) is 11.1 Å². The van der Waals surface area contributed by atoms with Gasteiger partial charge in [-0.1, -0.05) is 45.0 Å². The number of carbonyl (C=O) groups is 1. The second kappa shape index (κ2) is 6.00. The quantitative estimate of drug-likeness (QED) is 0.864. The summed E-state index contributed by atoms with van der Waals surface area (Å²) in [6.07, 6.45) is 4.74. The summed E-state index contributed by atoms with van der Waals surface area (Å²) in [6.45, 7) is 7.32. The topological polar surface area (TPSA) is 42.2 Å². The maximum absolute atomic E-state index is 10.6. The summed E-state index contributed by atoms with van der Waals surface area (Å²) in [6, 6.07) is 12.4. The van der Waals surface area contributed by atoms with Crippen molar-refractivity contribution in [3.63, 3.8) is 0 Å². The van der Waals surface area contributed by atoms with Crippen molar-refractivity contribution in [1.82, 2.24) is 4.57 Å². The number of aliphatic carboxylic acids is 1. The van der Waals surface area contributed by atoms with Gasteiger partial charge in [0.25, 0.3) is 0 Å². The van der Waals surface area contributed by atoms with Gasteiger partial charge in [-0.3, -0.25) is 0 Å². The van der Waals surface area contributed by atoms with Gasteiger partial charge in [-0.25, -0.2) is 4.79 Å². The minimum atomic E-state index is -0.933. The summed E-state index contributed by atoms with van der Waals surface area (Å²) in [5, 5.41) is 8.70. The lowest BCUT2D eigenvalue weighted by atomic mass is 9.87. The van der Waals surface area contributed by atoms with Crippen LogP contribution in [0.2, 0.25) is 0 Å². The number of hydrogen-bond acceptors (Lipinski definition) is 1. The third kappa shape index (κ3) is 4.09. The predicted octanol–water partition coefficient (Wildman–Crippen LogP) is 3.93. The van der Waals surface area contributed by atoms with Crippen molar-refractivity contribution >= 4 is 12.0 Å². The van der Waals surface area contributed by atoms with E-state index in [4.69, 9.17) is 5.11 Å². The van der Waals surface area contributed by atoms with E-state index in [0.717, 1.165) is 18.3 Å². The van der Waals surface area contributed by atoms with Crippen LogP contribution in [-0.2, 0) is 16.8 Å². The van der Waals surface area contributed by atoms with E-state index in [2.05, 4.69) is 45.0 Å². The molecule has 0 amide bonds. The molecule has 1 heterocycles. The zero-order valence-electron chi connectivity index (χ0n) is 12.7. The van der Waals surface area contributed by atoms with Crippen LogP contribution >= 0.6 is 0 Å². The van der Waals surface area contributed by atoms with Crippen LogP contribution in [0, 0.1) is 0 Å². The number of benzene rings is 1. The van der Waals surface area contributed by atoms with Gasteiger partial charge in [0.05, 0.1) is 0 Å². The van der Waals surface area contributed by atoms with Crippen LogP contribution in [0.5, 0.6) is 0 Å². The van der Waals surface area contributed by atoms with Crippen LogP contribution in [0.25, 0.3) is 6.08 Å². The fourth-order valence-corrected chi connectivity index (χ4v) is 2.19. The molecule has 110 valence electrons. The van der Waals surface area contributed by atoms with Crippen molar-refractivity contribution in [1.29, 1.82) is 0 Å². The molecular formula is C18H21NO2. The zero-order valence-corrected chi connectivity index (χ0v) is 12.7. The third-order valence-electron chi connectivity index (χ3n) is 3.43. The number of hydrogen-bond donors (Lipinski definition) is 1. The average molecular weight is 283 g/mol. The highest BCUT2D eigenvalue weighted by atomic mass is 16.4. The molecule has 0 aliphatic carbocycles. The molecule has 0 radical (unpaired) electrons. The summed E-state index contributed by atoms with van der Waals surface area (Å²) in [7, 11) is 0. The van der Waals surface area contributed by atoms with E-state index in [0.29, 0.717) is 0 Å². The van der Waals surface area contributed by atoms with Gasteiger partial charge in [0.2, 0.25) is 0 Å². The lowest BCUT2D eigenvalue weighted by molar-refractivity contribution is -0.131. The molecule has 0 aliphatic heterocycles. The molecule has 0 bridgehead atoms. The van der Waals surface area contributed by atoms with Gasteiger partial charge in [-0.15, -0.1) is 0 Å². The van der Waals surface area contributed by atoms with Gasteiger partial charge in [0.1, 0.15) is 0 Å². The third-order valence-corrected chi connectivity index (χ3v) is 3.43. The molecule has 3 nitrogen and oxygen atoms in total. The maximum atomic E-state index is 10.6. The molecule has 2 aromatic rings. The van der Waals surface area contributed by atoms with E-state index in [1.807, 2.05) is 22.9 Å². The first kappa shape index (κ1) is 15.1. The molecule has 1 aromatic heterocycles. The largest absolute Gasteiger partial charge is 0.478 e. The van der Waals surface area contributed by atoms with E-state index < -0.39 is 5.97 Å². The van der Waals surface area contributed by atoms with E-state index >= 15 is 0 Å². The minimum Gasteiger partial charge on any atom is -0.478 e.